The lowest BCUT2D eigenvalue weighted by Gasteiger charge is -2.53. The van der Waals surface area contributed by atoms with Crippen molar-refractivity contribution in [3.63, 3.8) is 0 Å². The normalized spacial score (nSPS) is 37.3. The average molecular weight is 385 g/mol. The van der Waals surface area contributed by atoms with Crippen molar-refractivity contribution in [1.82, 2.24) is 4.90 Å². The van der Waals surface area contributed by atoms with Gasteiger partial charge >= 0.3 is 0 Å². The van der Waals surface area contributed by atoms with Crippen LogP contribution in [0.2, 0.25) is 0 Å². The highest BCUT2D eigenvalue weighted by molar-refractivity contribution is 5.56. The van der Waals surface area contributed by atoms with Crippen LogP contribution in [0.15, 0.2) is 70.7 Å². The second-order valence-corrected chi connectivity index (χ2v) is 9.51. The first-order valence-electron chi connectivity index (χ1n) is 11.3. The SMILES string of the molecule is N#CC1=CC2=CC3=CC4(CC(N5CCCC5)=C3OC2C=C1)C1C=CCC4CCC1. The number of nitriles is 1. The Morgan fingerprint density at radius 1 is 1.10 bits per heavy atom. The van der Waals surface area contributed by atoms with Crippen LogP contribution in [0.5, 0.6) is 0 Å². The lowest BCUT2D eigenvalue weighted by Crippen LogP contribution is -2.45. The minimum absolute atomic E-state index is 0.0587. The fourth-order valence-corrected chi connectivity index (χ4v) is 6.59. The predicted octanol–water partition coefficient (Wildman–Crippen LogP) is 5.33. The zero-order valence-electron chi connectivity index (χ0n) is 16.9. The summed E-state index contributed by atoms with van der Waals surface area (Å²) in [5.41, 5.74) is 4.79. The average Bonchev–Trinajstić information content (AvgIpc) is 3.26. The van der Waals surface area contributed by atoms with Crippen LogP contribution in [-0.4, -0.2) is 24.1 Å². The van der Waals surface area contributed by atoms with E-state index in [1.54, 1.807) is 0 Å². The maximum atomic E-state index is 9.33. The van der Waals surface area contributed by atoms with Crippen molar-refractivity contribution < 1.29 is 4.74 Å². The van der Waals surface area contributed by atoms with Crippen molar-refractivity contribution in [3.05, 3.63) is 70.7 Å². The molecule has 6 aliphatic rings. The smallest absolute Gasteiger partial charge is 0.146 e. The number of nitrogens with zero attached hydrogens (tertiary/aromatic N) is 2. The maximum absolute atomic E-state index is 9.33. The first-order valence-corrected chi connectivity index (χ1v) is 11.3. The van der Waals surface area contributed by atoms with Gasteiger partial charge in [-0.15, -0.1) is 0 Å². The number of allylic oxidation sites excluding steroid dienone is 7. The lowest BCUT2D eigenvalue weighted by atomic mass is 9.53. The molecule has 6 rings (SSSR count). The lowest BCUT2D eigenvalue weighted by molar-refractivity contribution is 0.0695. The Morgan fingerprint density at radius 2 is 2.00 bits per heavy atom. The zero-order valence-corrected chi connectivity index (χ0v) is 16.9. The van der Waals surface area contributed by atoms with E-state index in [9.17, 15) is 5.26 Å². The number of likely N-dealkylation sites (tertiary alicyclic amines) is 1. The Morgan fingerprint density at radius 3 is 2.83 bits per heavy atom. The van der Waals surface area contributed by atoms with Gasteiger partial charge in [-0.25, -0.2) is 0 Å². The molecule has 4 unspecified atom stereocenters. The van der Waals surface area contributed by atoms with Gasteiger partial charge in [0.1, 0.15) is 11.9 Å². The van der Waals surface area contributed by atoms with Crippen molar-refractivity contribution in [2.75, 3.05) is 13.1 Å². The molecule has 0 amide bonds. The summed E-state index contributed by atoms with van der Waals surface area (Å²) in [6.45, 7) is 2.32. The summed E-state index contributed by atoms with van der Waals surface area (Å²) in [7, 11) is 0. The summed E-state index contributed by atoms with van der Waals surface area (Å²) in [5, 5.41) is 9.33. The molecule has 0 aromatic carbocycles. The van der Waals surface area contributed by atoms with Crippen molar-refractivity contribution >= 4 is 0 Å². The monoisotopic (exact) mass is 384 g/mol. The first-order chi connectivity index (χ1) is 14.3. The predicted molar refractivity (Wildman–Crippen MR) is 113 cm³/mol. The number of hydrogen-bond donors (Lipinski definition) is 0. The number of rotatable bonds is 1. The number of fused-ring (bicyclic) bond motifs is 2. The van der Waals surface area contributed by atoms with E-state index < -0.39 is 0 Å². The first kappa shape index (κ1) is 17.4. The van der Waals surface area contributed by atoms with Crippen LogP contribution in [-0.2, 0) is 4.74 Å². The van der Waals surface area contributed by atoms with Crippen LogP contribution >= 0.6 is 0 Å². The second kappa shape index (κ2) is 6.52. The summed E-state index contributed by atoms with van der Waals surface area (Å²) in [6.07, 6.45) is 24.6. The summed E-state index contributed by atoms with van der Waals surface area (Å²) in [4.78, 5) is 2.61. The van der Waals surface area contributed by atoms with E-state index in [-0.39, 0.29) is 11.5 Å². The van der Waals surface area contributed by atoms with Crippen molar-refractivity contribution in [2.24, 2.45) is 17.3 Å². The molecule has 148 valence electrons. The van der Waals surface area contributed by atoms with Gasteiger partial charge in [0, 0.05) is 30.5 Å². The van der Waals surface area contributed by atoms with Gasteiger partial charge in [0.25, 0.3) is 0 Å². The maximum Gasteiger partial charge on any atom is 0.146 e. The fraction of sp³-hybridized carbons (Fsp3) is 0.500. The van der Waals surface area contributed by atoms with E-state index >= 15 is 0 Å². The Bertz CT molecular complexity index is 963. The highest BCUT2D eigenvalue weighted by atomic mass is 16.5. The third kappa shape index (κ3) is 2.61. The van der Waals surface area contributed by atoms with Crippen molar-refractivity contribution in [2.45, 2.75) is 51.0 Å². The molecule has 3 nitrogen and oxygen atoms in total. The minimum Gasteiger partial charge on any atom is -0.479 e. The number of hydrogen-bond acceptors (Lipinski definition) is 3. The summed E-state index contributed by atoms with van der Waals surface area (Å²) >= 11 is 0. The fourth-order valence-electron chi connectivity index (χ4n) is 6.59. The van der Waals surface area contributed by atoms with Crippen LogP contribution in [0.4, 0.5) is 0 Å². The molecular formula is C26H28N2O. The molecule has 1 saturated carbocycles. The molecule has 4 aliphatic carbocycles. The molecule has 2 heterocycles. The van der Waals surface area contributed by atoms with E-state index in [0.29, 0.717) is 11.5 Å². The molecular weight excluding hydrogens is 356 g/mol. The highest BCUT2D eigenvalue weighted by Crippen LogP contribution is 2.59. The van der Waals surface area contributed by atoms with Crippen LogP contribution in [0.3, 0.4) is 0 Å². The van der Waals surface area contributed by atoms with Crippen molar-refractivity contribution in [1.29, 1.82) is 5.26 Å². The van der Waals surface area contributed by atoms with Crippen LogP contribution in [0.1, 0.15) is 44.9 Å². The molecule has 3 heteroatoms. The van der Waals surface area contributed by atoms with Gasteiger partial charge in [0.2, 0.25) is 0 Å². The van der Waals surface area contributed by atoms with Crippen molar-refractivity contribution in [3.8, 4) is 6.07 Å². The molecule has 0 N–H and O–H groups in total. The van der Waals surface area contributed by atoms with E-state index in [2.05, 4.69) is 35.3 Å². The number of ether oxygens (including phenoxy) is 1. The van der Waals surface area contributed by atoms with Gasteiger partial charge in [-0.05, 0) is 73.8 Å². The molecule has 0 aromatic heterocycles. The van der Waals surface area contributed by atoms with Crippen LogP contribution in [0.25, 0.3) is 0 Å². The largest absolute Gasteiger partial charge is 0.479 e. The molecule has 4 atom stereocenters. The van der Waals surface area contributed by atoms with E-state index in [4.69, 9.17) is 4.74 Å². The molecule has 2 bridgehead atoms. The van der Waals surface area contributed by atoms with Crippen LogP contribution in [0, 0.1) is 28.6 Å². The molecule has 29 heavy (non-hydrogen) atoms. The van der Waals surface area contributed by atoms with Crippen LogP contribution < -0.4 is 0 Å². The molecule has 1 saturated heterocycles. The third-order valence-electron chi connectivity index (χ3n) is 8.01. The van der Waals surface area contributed by atoms with Gasteiger partial charge < -0.3 is 9.64 Å². The third-order valence-corrected chi connectivity index (χ3v) is 8.01. The molecule has 0 aromatic rings. The Labute approximate surface area is 173 Å². The quantitative estimate of drug-likeness (QED) is 0.573. The topological polar surface area (TPSA) is 36.3 Å². The zero-order chi connectivity index (χ0) is 19.4. The van der Waals surface area contributed by atoms with Gasteiger partial charge in [-0.2, -0.15) is 5.26 Å². The molecule has 2 fully saturated rings. The van der Waals surface area contributed by atoms with Gasteiger partial charge in [-0.1, -0.05) is 24.6 Å². The standard InChI is InChI=1S/C26H28N2O/c27-17-18-9-10-24-19(13-18)14-20-15-26(21-5-3-6-22(26)8-4-7-21)16-23(25(20)29-24)28-11-1-2-12-28/h3,5,9-10,13-15,21-22,24H,1-2,4,6-8,11-12,16H2. The van der Waals surface area contributed by atoms with Gasteiger partial charge in [-0.3, -0.25) is 0 Å². The second-order valence-electron chi connectivity index (χ2n) is 9.51. The van der Waals surface area contributed by atoms with E-state index in [1.165, 1.54) is 49.8 Å². The summed E-state index contributed by atoms with van der Waals surface area (Å²) in [6, 6.07) is 2.28. The Kier molecular flexibility index (Phi) is 3.91. The summed E-state index contributed by atoms with van der Waals surface area (Å²) < 4.78 is 6.61. The Balaban J connectivity index is 1.50. The van der Waals surface area contributed by atoms with Gasteiger partial charge in [0.05, 0.1) is 17.3 Å². The van der Waals surface area contributed by atoms with E-state index in [0.717, 1.165) is 36.8 Å². The summed E-state index contributed by atoms with van der Waals surface area (Å²) in [5.74, 6) is 2.50. The highest BCUT2D eigenvalue weighted by Gasteiger charge is 2.50. The molecule has 0 radical (unpaired) electrons. The Hall–Kier alpha value is -2.47. The molecule has 1 spiro atoms. The minimum atomic E-state index is -0.0587. The molecule has 2 aliphatic heterocycles. The van der Waals surface area contributed by atoms with Gasteiger partial charge in [0.15, 0.2) is 0 Å². The van der Waals surface area contributed by atoms with E-state index in [1.807, 2.05) is 18.2 Å².